The number of aromatic amines is 1. The third kappa shape index (κ3) is 2.68. The van der Waals surface area contributed by atoms with Crippen LogP contribution in [-0.2, 0) is 0 Å². The molecule has 0 unspecified atom stereocenters. The maximum Gasteiger partial charge on any atom is 0.302 e. The fourth-order valence-corrected chi connectivity index (χ4v) is 2.09. The summed E-state index contributed by atoms with van der Waals surface area (Å²) in [5.74, 6) is 0.551. The normalized spacial score (nSPS) is 10.8. The first-order valence-corrected chi connectivity index (χ1v) is 6.64. The molecule has 0 atom stereocenters. The van der Waals surface area contributed by atoms with Crippen LogP contribution in [0.25, 0.3) is 10.9 Å². The van der Waals surface area contributed by atoms with E-state index in [4.69, 9.17) is 22.1 Å². The van der Waals surface area contributed by atoms with Gasteiger partial charge in [-0.05, 0) is 48.9 Å². The van der Waals surface area contributed by atoms with Crippen molar-refractivity contribution in [2.45, 2.75) is 6.92 Å². The molecular weight excluding hydrogens is 290 g/mol. The number of nitrogens with one attached hydrogen (secondary N) is 1. The Morgan fingerprint density at radius 2 is 2.05 bits per heavy atom. The minimum atomic E-state index is -0.298. The Hall–Kier alpha value is -2.53. The second-order valence-electron chi connectivity index (χ2n) is 4.66. The first-order chi connectivity index (χ1) is 10.0. The average molecular weight is 302 g/mol. The number of aromatic nitrogens is 2. The van der Waals surface area contributed by atoms with Gasteiger partial charge in [-0.3, -0.25) is 9.78 Å². The second kappa shape index (κ2) is 5.10. The predicted octanol–water partition coefficient (Wildman–Crippen LogP) is 3.26. The molecule has 3 N–H and O–H groups in total. The van der Waals surface area contributed by atoms with Crippen LogP contribution in [0.15, 0.2) is 41.2 Å². The fourth-order valence-electron chi connectivity index (χ4n) is 1.98. The molecule has 0 aliphatic carbocycles. The van der Waals surface area contributed by atoms with Gasteiger partial charge in [-0.15, -0.1) is 0 Å². The van der Waals surface area contributed by atoms with Gasteiger partial charge in [0.15, 0.2) is 0 Å². The fraction of sp³-hybridized carbons (Fsp3) is 0.0667. The van der Waals surface area contributed by atoms with Gasteiger partial charge in [0.05, 0.1) is 10.9 Å². The number of hydrogen-bond acceptors (Lipinski definition) is 4. The summed E-state index contributed by atoms with van der Waals surface area (Å²) in [7, 11) is 0. The van der Waals surface area contributed by atoms with Crippen molar-refractivity contribution < 1.29 is 4.74 Å². The molecule has 0 bridgehead atoms. The van der Waals surface area contributed by atoms with E-state index in [0.717, 1.165) is 5.56 Å². The summed E-state index contributed by atoms with van der Waals surface area (Å²) in [6, 6.07) is 10.3. The zero-order valence-corrected chi connectivity index (χ0v) is 11.9. The third-order valence-electron chi connectivity index (χ3n) is 3.05. The van der Waals surface area contributed by atoms with Crippen LogP contribution in [0, 0.1) is 6.92 Å². The number of anilines is 1. The molecule has 6 heteroatoms. The molecule has 1 heterocycles. The number of hydrogen-bond donors (Lipinski definition) is 2. The Morgan fingerprint density at radius 1 is 1.24 bits per heavy atom. The summed E-state index contributed by atoms with van der Waals surface area (Å²) in [5.41, 5.74) is 7.28. The summed E-state index contributed by atoms with van der Waals surface area (Å²) in [5, 5.41) is 1.08. The number of benzene rings is 2. The Morgan fingerprint density at radius 3 is 2.81 bits per heavy atom. The Bertz CT molecular complexity index is 890. The van der Waals surface area contributed by atoms with Crippen LogP contribution >= 0.6 is 11.6 Å². The molecule has 0 amide bonds. The molecule has 0 spiro atoms. The van der Waals surface area contributed by atoms with Gasteiger partial charge in [0.1, 0.15) is 5.75 Å². The number of fused-ring (bicyclic) bond motifs is 1. The molecule has 1 aromatic heterocycles. The molecule has 0 saturated carbocycles. The Kier molecular flexibility index (Phi) is 3.27. The molecule has 21 heavy (non-hydrogen) atoms. The zero-order valence-electron chi connectivity index (χ0n) is 11.2. The lowest BCUT2D eigenvalue weighted by atomic mass is 10.2. The van der Waals surface area contributed by atoms with E-state index in [2.05, 4.69) is 9.97 Å². The van der Waals surface area contributed by atoms with E-state index in [9.17, 15) is 4.79 Å². The van der Waals surface area contributed by atoms with Crippen molar-refractivity contribution in [3.8, 4) is 11.8 Å². The van der Waals surface area contributed by atoms with Crippen LogP contribution in [0.4, 0.5) is 5.69 Å². The Labute approximate surface area is 125 Å². The number of aryl methyl sites for hydroxylation is 1. The van der Waals surface area contributed by atoms with Gasteiger partial charge in [0, 0.05) is 10.7 Å². The first-order valence-electron chi connectivity index (χ1n) is 6.26. The molecule has 5 nitrogen and oxygen atoms in total. The van der Waals surface area contributed by atoms with Crippen molar-refractivity contribution in [1.29, 1.82) is 0 Å². The van der Waals surface area contributed by atoms with Gasteiger partial charge in [0.2, 0.25) is 0 Å². The molecule has 3 rings (SSSR count). The molecule has 2 aromatic carbocycles. The standard InChI is InChI=1S/C15H12ClN3O2/c1-8-6-10(3-4-12(8)16)21-15-18-13-5-2-9(17)7-11(13)14(20)19-15/h2-7H,17H2,1H3,(H,18,19,20). The zero-order chi connectivity index (χ0) is 15.0. The van der Waals surface area contributed by atoms with Crippen molar-refractivity contribution in [2.24, 2.45) is 0 Å². The third-order valence-corrected chi connectivity index (χ3v) is 3.48. The van der Waals surface area contributed by atoms with E-state index in [1.807, 2.05) is 6.92 Å². The van der Waals surface area contributed by atoms with Crippen LogP contribution in [-0.4, -0.2) is 9.97 Å². The summed E-state index contributed by atoms with van der Waals surface area (Å²) in [4.78, 5) is 18.9. The van der Waals surface area contributed by atoms with E-state index >= 15 is 0 Å². The van der Waals surface area contributed by atoms with Gasteiger partial charge in [-0.25, -0.2) is 0 Å². The van der Waals surface area contributed by atoms with Crippen LogP contribution in [0.2, 0.25) is 5.02 Å². The van der Waals surface area contributed by atoms with E-state index in [1.165, 1.54) is 0 Å². The summed E-state index contributed by atoms with van der Waals surface area (Å²) in [6.07, 6.45) is 0. The lowest BCUT2D eigenvalue weighted by Gasteiger charge is -2.07. The summed E-state index contributed by atoms with van der Waals surface area (Å²) >= 11 is 5.96. The minimum absolute atomic E-state index is 0.124. The maximum atomic E-state index is 12.0. The van der Waals surface area contributed by atoms with Crippen molar-refractivity contribution in [2.75, 3.05) is 5.73 Å². The average Bonchev–Trinajstić information content (AvgIpc) is 2.44. The molecule has 106 valence electrons. The van der Waals surface area contributed by atoms with Gasteiger partial charge in [0.25, 0.3) is 5.56 Å². The van der Waals surface area contributed by atoms with Gasteiger partial charge in [-0.2, -0.15) is 4.98 Å². The Balaban J connectivity index is 2.03. The number of nitrogens with zero attached hydrogens (tertiary/aromatic N) is 1. The number of nitrogen functional groups attached to an aromatic ring is 1. The molecule has 3 aromatic rings. The van der Waals surface area contributed by atoms with Crippen molar-refractivity contribution in [1.82, 2.24) is 9.97 Å². The van der Waals surface area contributed by atoms with Crippen LogP contribution < -0.4 is 16.0 Å². The van der Waals surface area contributed by atoms with Crippen molar-refractivity contribution >= 4 is 28.2 Å². The van der Waals surface area contributed by atoms with Crippen molar-refractivity contribution in [3.05, 3.63) is 57.3 Å². The van der Waals surface area contributed by atoms with Crippen molar-refractivity contribution in [3.63, 3.8) is 0 Å². The van der Waals surface area contributed by atoms with E-state index < -0.39 is 0 Å². The molecule has 0 fully saturated rings. The van der Waals surface area contributed by atoms with E-state index in [-0.39, 0.29) is 11.6 Å². The second-order valence-corrected chi connectivity index (χ2v) is 5.07. The number of H-pyrrole nitrogens is 1. The molecule has 0 aliphatic rings. The maximum absolute atomic E-state index is 12.0. The number of ether oxygens (including phenoxy) is 1. The highest BCUT2D eigenvalue weighted by Gasteiger charge is 2.07. The van der Waals surface area contributed by atoms with Gasteiger partial charge in [-0.1, -0.05) is 11.6 Å². The predicted molar refractivity (Wildman–Crippen MR) is 83.0 cm³/mol. The van der Waals surface area contributed by atoms with Crippen LogP contribution in [0.5, 0.6) is 11.8 Å². The highest BCUT2D eigenvalue weighted by Crippen LogP contribution is 2.24. The lowest BCUT2D eigenvalue weighted by molar-refractivity contribution is 0.442. The number of rotatable bonds is 2. The first kappa shape index (κ1) is 13.5. The molecule has 0 aliphatic heterocycles. The topological polar surface area (TPSA) is 81.0 Å². The molecule has 0 saturated heterocycles. The van der Waals surface area contributed by atoms with E-state index in [0.29, 0.717) is 27.4 Å². The SMILES string of the molecule is Cc1cc(Oc2nc3ccc(N)cc3c(=O)[nH]2)ccc1Cl. The molecule has 0 radical (unpaired) electrons. The highest BCUT2D eigenvalue weighted by molar-refractivity contribution is 6.31. The lowest BCUT2D eigenvalue weighted by Crippen LogP contribution is -2.09. The monoisotopic (exact) mass is 301 g/mol. The van der Waals surface area contributed by atoms with E-state index in [1.54, 1.807) is 36.4 Å². The quantitative estimate of drug-likeness (QED) is 0.712. The number of nitrogens with two attached hydrogens (primary N) is 1. The minimum Gasteiger partial charge on any atom is -0.426 e. The highest BCUT2D eigenvalue weighted by atomic mass is 35.5. The van der Waals surface area contributed by atoms with Gasteiger partial charge < -0.3 is 10.5 Å². The summed E-state index contributed by atoms with van der Waals surface area (Å²) in [6.45, 7) is 1.87. The summed E-state index contributed by atoms with van der Waals surface area (Å²) < 4.78 is 5.58. The van der Waals surface area contributed by atoms with Crippen LogP contribution in [0.3, 0.4) is 0 Å². The van der Waals surface area contributed by atoms with Gasteiger partial charge >= 0.3 is 6.01 Å². The molecular formula is C15H12ClN3O2. The smallest absolute Gasteiger partial charge is 0.302 e. The number of halogens is 1. The van der Waals surface area contributed by atoms with Crippen LogP contribution in [0.1, 0.15) is 5.56 Å². The largest absolute Gasteiger partial charge is 0.426 e.